The second-order valence-corrected chi connectivity index (χ2v) is 5.12. The van der Waals surface area contributed by atoms with Crippen molar-refractivity contribution in [1.29, 1.82) is 0 Å². The molecule has 0 fully saturated rings. The van der Waals surface area contributed by atoms with Gasteiger partial charge in [-0.2, -0.15) is 4.98 Å². The molecule has 0 radical (unpaired) electrons. The number of hydrogen-bond donors (Lipinski definition) is 1. The second kappa shape index (κ2) is 4.51. The van der Waals surface area contributed by atoms with Crippen molar-refractivity contribution in [2.45, 2.75) is 45.1 Å². The van der Waals surface area contributed by atoms with E-state index in [0.29, 0.717) is 24.7 Å². The molecule has 0 spiro atoms. The zero-order valence-electron chi connectivity index (χ0n) is 10.7. The van der Waals surface area contributed by atoms with Crippen LogP contribution in [0.3, 0.4) is 0 Å². The van der Waals surface area contributed by atoms with Crippen LogP contribution in [0.15, 0.2) is 4.52 Å². The minimum atomic E-state index is -0.665. The quantitative estimate of drug-likeness (QED) is 0.845. The fraction of sp³-hybridized carbons (Fsp3) is 0.818. The lowest BCUT2D eigenvalue weighted by molar-refractivity contribution is 0.122. The second-order valence-electron chi connectivity index (χ2n) is 5.12. The van der Waals surface area contributed by atoms with Crippen LogP contribution in [0.1, 0.15) is 45.8 Å². The summed E-state index contributed by atoms with van der Waals surface area (Å²) in [5, 5.41) is 3.95. The number of methoxy groups -OCH3 is 1. The van der Waals surface area contributed by atoms with E-state index in [9.17, 15) is 0 Å². The van der Waals surface area contributed by atoms with Crippen molar-refractivity contribution in [2.24, 2.45) is 5.73 Å². The van der Waals surface area contributed by atoms with Crippen molar-refractivity contribution in [3.05, 3.63) is 11.7 Å². The van der Waals surface area contributed by atoms with Crippen molar-refractivity contribution in [3.8, 4) is 0 Å². The molecule has 0 aliphatic heterocycles. The number of nitrogens with zero attached hydrogens (tertiary/aromatic N) is 2. The highest BCUT2D eigenvalue weighted by atomic mass is 16.5. The molecule has 0 aliphatic rings. The summed E-state index contributed by atoms with van der Waals surface area (Å²) in [5.41, 5.74) is 5.35. The fourth-order valence-electron chi connectivity index (χ4n) is 1.31. The van der Waals surface area contributed by atoms with Gasteiger partial charge in [0.1, 0.15) is 5.54 Å². The molecule has 1 heterocycles. The van der Waals surface area contributed by atoms with Crippen molar-refractivity contribution in [1.82, 2.24) is 10.1 Å². The summed E-state index contributed by atoms with van der Waals surface area (Å²) in [4.78, 5) is 4.36. The van der Waals surface area contributed by atoms with Gasteiger partial charge in [-0.05, 0) is 6.42 Å². The maximum atomic E-state index is 6.18. The first kappa shape index (κ1) is 13.1. The third kappa shape index (κ3) is 2.59. The molecule has 1 atom stereocenters. The zero-order chi connectivity index (χ0) is 12.4. The van der Waals surface area contributed by atoms with Gasteiger partial charge in [0.15, 0.2) is 5.82 Å². The highest BCUT2D eigenvalue weighted by Crippen LogP contribution is 2.24. The predicted octanol–water partition coefficient (Wildman–Crippen LogP) is 1.58. The summed E-state index contributed by atoms with van der Waals surface area (Å²) in [6.45, 7) is 8.42. The molecule has 0 saturated heterocycles. The van der Waals surface area contributed by atoms with Gasteiger partial charge in [-0.1, -0.05) is 32.9 Å². The van der Waals surface area contributed by atoms with Gasteiger partial charge in [-0.3, -0.25) is 0 Å². The minimum absolute atomic E-state index is 0.160. The number of ether oxygens (including phenoxy) is 1. The Bertz CT molecular complexity index is 343. The first-order valence-corrected chi connectivity index (χ1v) is 5.46. The van der Waals surface area contributed by atoms with Crippen molar-refractivity contribution in [2.75, 3.05) is 13.7 Å². The van der Waals surface area contributed by atoms with Gasteiger partial charge in [-0.25, -0.2) is 0 Å². The van der Waals surface area contributed by atoms with Gasteiger partial charge in [0, 0.05) is 12.5 Å². The van der Waals surface area contributed by atoms with Crippen LogP contribution >= 0.6 is 0 Å². The molecule has 5 heteroatoms. The standard InChI is InChI=1S/C11H21N3O2/c1-6-11(12,7-15-5)8-13-9(16-14-8)10(2,3)4/h6-7,12H2,1-5H3. The fourth-order valence-corrected chi connectivity index (χ4v) is 1.31. The third-order valence-corrected chi connectivity index (χ3v) is 2.55. The van der Waals surface area contributed by atoms with Crippen LogP contribution in [0.4, 0.5) is 0 Å². The van der Waals surface area contributed by atoms with E-state index in [0.717, 1.165) is 0 Å². The summed E-state index contributed by atoms with van der Waals surface area (Å²) in [6, 6.07) is 0. The van der Waals surface area contributed by atoms with E-state index in [4.69, 9.17) is 15.0 Å². The molecule has 1 rings (SSSR count). The van der Waals surface area contributed by atoms with E-state index in [1.807, 2.05) is 27.7 Å². The van der Waals surface area contributed by atoms with Crippen LogP contribution in [0.2, 0.25) is 0 Å². The average Bonchev–Trinajstić information content (AvgIpc) is 2.66. The van der Waals surface area contributed by atoms with Crippen LogP contribution in [0.25, 0.3) is 0 Å². The normalized spacial score (nSPS) is 16.1. The Balaban J connectivity index is 3.00. The molecule has 5 nitrogen and oxygen atoms in total. The molecule has 1 aromatic rings. The van der Waals surface area contributed by atoms with Crippen molar-refractivity contribution >= 4 is 0 Å². The maximum absolute atomic E-state index is 6.18. The van der Waals surface area contributed by atoms with Gasteiger partial charge in [0.05, 0.1) is 6.61 Å². The topological polar surface area (TPSA) is 74.2 Å². The number of hydrogen-bond acceptors (Lipinski definition) is 5. The van der Waals surface area contributed by atoms with E-state index >= 15 is 0 Å². The summed E-state index contributed by atoms with van der Waals surface area (Å²) in [7, 11) is 1.61. The molecule has 1 unspecified atom stereocenters. The molecule has 0 aromatic carbocycles. The largest absolute Gasteiger partial charge is 0.382 e. The molecule has 0 saturated carbocycles. The molecule has 0 aliphatic carbocycles. The van der Waals surface area contributed by atoms with E-state index in [-0.39, 0.29) is 5.41 Å². The van der Waals surface area contributed by atoms with E-state index in [1.54, 1.807) is 7.11 Å². The Hall–Kier alpha value is -0.940. The smallest absolute Gasteiger partial charge is 0.232 e. The Kier molecular flexibility index (Phi) is 3.70. The lowest BCUT2D eigenvalue weighted by Crippen LogP contribution is -2.41. The number of aromatic nitrogens is 2. The van der Waals surface area contributed by atoms with E-state index in [2.05, 4.69) is 10.1 Å². The molecule has 2 N–H and O–H groups in total. The lowest BCUT2D eigenvalue weighted by atomic mass is 9.95. The molecule has 0 amide bonds. The van der Waals surface area contributed by atoms with Crippen molar-refractivity contribution < 1.29 is 9.26 Å². The summed E-state index contributed by atoms with van der Waals surface area (Å²) in [6.07, 6.45) is 0.698. The number of nitrogens with two attached hydrogens (primary N) is 1. The first-order chi connectivity index (χ1) is 7.33. The van der Waals surface area contributed by atoms with Crippen LogP contribution < -0.4 is 5.73 Å². The van der Waals surface area contributed by atoms with Gasteiger partial charge in [0.25, 0.3) is 0 Å². The van der Waals surface area contributed by atoms with E-state index < -0.39 is 5.54 Å². The summed E-state index contributed by atoms with van der Waals surface area (Å²) >= 11 is 0. The predicted molar refractivity (Wildman–Crippen MR) is 61.0 cm³/mol. The van der Waals surface area contributed by atoms with E-state index in [1.165, 1.54) is 0 Å². The van der Waals surface area contributed by atoms with Crippen molar-refractivity contribution in [3.63, 3.8) is 0 Å². The third-order valence-electron chi connectivity index (χ3n) is 2.55. The summed E-state index contributed by atoms with van der Waals surface area (Å²) in [5.74, 6) is 1.11. The van der Waals surface area contributed by atoms with Gasteiger partial charge >= 0.3 is 0 Å². The molecule has 0 bridgehead atoms. The van der Waals surface area contributed by atoms with Gasteiger partial charge in [-0.15, -0.1) is 0 Å². The molecular weight excluding hydrogens is 206 g/mol. The Morgan fingerprint density at radius 3 is 2.38 bits per heavy atom. The molecule has 16 heavy (non-hydrogen) atoms. The molecule has 1 aromatic heterocycles. The van der Waals surface area contributed by atoms with Gasteiger partial charge < -0.3 is 15.0 Å². The Labute approximate surface area is 96.4 Å². The van der Waals surface area contributed by atoms with Gasteiger partial charge in [0.2, 0.25) is 5.89 Å². The highest BCUT2D eigenvalue weighted by molar-refractivity contribution is 5.07. The maximum Gasteiger partial charge on any atom is 0.232 e. The number of rotatable bonds is 4. The monoisotopic (exact) mass is 227 g/mol. The van der Waals surface area contributed by atoms with Crippen LogP contribution in [0, 0.1) is 0 Å². The van der Waals surface area contributed by atoms with Crippen LogP contribution in [0.5, 0.6) is 0 Å². The zero-order valence-corrected chi connectivity index (χ0v) is 10.7. The first-order valence-electron chi connectivity index (χ1n) is 5.46. The molecular formula is C11H21N3O2. The van der Waals surface area contributed by atoms with Crippen LogP contribution in [-0.2, 0) is 15.7 Å². The lowest BCUT2D eigenvalue weighted by Gasteiger charge is -2.22. The van der Waals surface area contributed by atoms with Crippen LogP contribution in [-0.4, -0.2) is 23.9 Å². The molecule has 92 valence electrons. The Morgan fingerprint density at radius 2 is 2.00 bits per heavy atom. The minimum Gasteiger partial charge on any atom is -0.382 e. The summed E-state index contributed by atoms with van der Waals surface area (Å²) < 4.78 is 10.3. The highest BCUT2D eigenvalue weighted by Gasteiger charge is 2.33. The SMILES string of the molecule is CCC(N)(COC)c1noc(C(C)(C)C)n1. The Morgan fingerprint density at radius 1 is 1.38 bits per heavy atom. The average molecular weight is 227 g/mol.